The van der Waals surface area contributed by atoms with Crippen LogP contribution in [0.5, 0.6) is 5.75 Å². The zero-order chi connectivity index (χ0) is 13.3. The number of likely N-dealkylation sites (tertiary alicyclic amines) is 1. The van der Waals surface area contributed by atoms with Crippen LogP contribution in [0.4, 0.5) is 0 Å². The molecule has 3 rings (SSSR count). The number of hydrogen-bond acceptors (Lipinski definition) is 3. The SMILES string of the molecule is COc1ccc(Cl)cc1CN1CCC2(CCNC2)C1. The molecule has 2 aliphatic heterocycles. The molecule has 2 saturated heterocycles. The highest BCUT2D eigenvalue weighted by Gasteiger charge is 2.40. The van der Waals surface area contributed by atoms with Gasteiger partial charge in [0.25, 0.3) is 0 Å². The topological polar surface area (TPSA) is 24.5 Å². The first-order valence-electron chi connectivity index (χ1n) is 6.96. The maximum Gasteiger partial charge on any atom is 0.123 e. The monoisotopic (exact) mass is 280 g/mol. The molecule has 0 aromatic heterocycles. The Bertz CT molecular complexity index is 457. The summed E-state index contributed by atoms with van der Waals surface area (Å²) >= 11 is 6.10. The van der Waals surface area contributed by atoms with Crippen LogP contribution in [0.25, 0.3) is 0 Å². The predicted octanol–water partition coefficient (Wildman–Crippen LogP) is 2.53. The fraction of sp³-hybridized carbons (Fsp3) is 0.600. The normalized spacial score (nSPS) is 27.3. The molecule has 1 aromatic carbocycles. The van der Waals surface area contributed by atoms with Crippen molar-refractivity contribution in [2.24, 2.45) is 5.41 Å². The number of benzene rings is 1. The average molecular weight is 281 g/mol. The molecular formula is C15H21ClN2O. The van der Waals surface area contributed by atoms with Gasteiger partial charge in [0, 0.05) is 30.2 Å². The number of methoxy groups -OCH3 is 1. The molecule has 19 heavy (non-hydrogen) atoms. The van der Waals surface area contributed by atoms with Gasteiger partial charge in [0.15, 0.2) is 0 Å². The van der Waals surface area contributed by atoms with Crippen LogP contribution >= 0.6 is 11.6 Å². The standard InChI is InChI=1S/C15H21ClN2O/c1-19-14-3-2-13(16)8-12(14)9-18-7-5-15(11-18)4-6-17-10-15/h2-3,8,17H,4-7,9-11H2,1H3. The summed E-state index contributed by atoms with van der Waals surface area (Å²) in [6.07, 6.45) is 2.62. The molecule has 2 heterocycles. The quantitative estimate of drug-likeness (QED) is 0.921. The summed E-state index contributed by atoms with van der Waals surface area (Å²) < 4.78 is 5.43. The Kier molecular flexibility index (Phi) is 3.70. The van der Waals surface area contributed by atoms with E-state index in [4.69, 9.17) is 16.3 Å². The third-order valence-corrected chi connectivity index (χ3v) is 4.72. The minimum absolute atomic E-state index is 0.520. The van der Waals surface area contributed by atoms with Crippen LogP contribution in [0.3, 0.4) is 0 Å². The number of nitrogens with one attached hydrogen (secondary N) is 1. The second-order valence-corrected chi connectivity index (χ2v) is 6.28. The first-order chi connectivity index (χ1) is 9.21. The van der Waals surface area contributed by atoms with Gasteiger partial charge in [0.05, 0.1) is 7.11 Å². The van der Waals surface area contributed by atoms with E-state index >= 15 is 0 Å². The number of halogens is 1. The van der Waals surface area contributed by atoms with Crippen LogP contribution in [0.1, 0.15) is 18.4 Å². The second-order valence-electron chi connectivity index (χ2n) is 5.84. The lowest BCUT2D eigenvalue weighted by Crippen LogP contribution is -2.29. The number of ether oxygens (including phenoxy) is 1. The summed E-state index contributed by atoms with van der Waals surface area (Å²) in [5.41, 5.74) is 1.71. The van der Waals surface area contributed by atoms with E-state index in [1.807, 2.05) is 18.2 Å². The Hall–Kier alpha value is -0.770. The van der Waals surface area contributed by atoms with Crippen LogP contribution in [-0.2, 0) is 6.54 Å². The summed E-state index contributed by atoms with van der Waals surface area (Å²) in [6, 6.07) is 5.87. The summed E-state index contributed by atoms with van der Waals surface area (Å²) in [7, 11) is 1.72. The molecule has 1 atom stereocenters. The molecule has 0 bridgehead atoms. The highest BCUT2D eigenvalue weighted by atomic mass is 35.5. The van der Waals surface area contributed by atoms with E-state index in [0.717, 1.165) is 17.3 Å². The van der Waals surface area contributed by atoms with Gasteiger partial charge in [-0.25, -0.2) is 0 Å². The van der Waals surface area contributed by atoms with Crippen molar-refractivity contribution in [2.45, 2.75) is 19.4 Å². The van der Waals surface area contributed by atoms with Crippen LogP contribution in [0.15, 0.2) is 18.2 Å². The van der Waals surface area contributed by atoms with E-state index in [1.54, 1.807) is 7.11 Å². The molecule has 0 saturated carbocycles. The van der Waals surface area contributed by atoms with Gasteiger partial charge < -0.3 is 10.1 Å². The lowest BCUT2D eigenvalue weighted by Gasteiger charge is -2.23. The van der Waals surface area contributed by atoms with Gasteiger partial charge >= 0.3 is 0 Å². The lowest BCUT2D eigenvalue weighted by molar-refractivity contribution is 0.265. The maximum atomic E-state index is 6.10. The molecule has 2 fully saturated rings. The van der Waals surface area contributed by atoms with Crippen molar-refractivity contribution in [1.82, 2.24) is 10.2 Å². The lowest BCUT2D eigenvalue weighted by atomic mass is 9.86. The van der Waals surface area contributed by atoms with Crippen molar-refractivity contribution < 1.29 is 4.74 Å². The van der Waals surface area contributed by atoms with Crippen LogP contribution in [-0.4, -0.2) is 38.2 Å². The van der Waals surface area contributed by atoms with Crippen molar-refractivity contribution in [3.05, 3.63) is 28.8 Å². The van der Waals surface area contributed by atoms with E-state index in [9.17, 15) is 0 Å². The van der Waals surface area contributed by atoms with Gasteiger partial charge in [-0.1, -0.05) is 11.6 Å². The molecule has 0 radical (unpaired) electrons. The Labute approximate surface area is 119 Å². The highest BCUT2D eigenvalue weighted by Crippen LogP contribution is 2.37. The average Bonchev–Trinajstić information content (AvgIpc) is 3.01. The molecule has 4 heteroatoms. The third-order valence-electron chi connectivity index (χ3n) is 4.49. The molecule has 1 unspecified atom stereocenters. The first kappa shape index (κ1) is 13.2. The van der Waals surface area contributed by atoms with Crippen molar-refractivity contribution in [3.63, 3.8) is 0 Å². The molecule has 3 nitrogen and oxygen atoms in total. The highest BCUT2D eigenvalue weighted by molar-refractivity contribution is 6.30. The zero-order valence-electron chi connectivity index (χ0n) is 11.4. The minimum atomic E-state index is 0.520. The Morgan fingerprint density at radius 2 is 2.32 bits per heavy atom. The summed E-state index contributed by atoms with van der Waals surface area (Å²) in [5, 5.41) is 4.28. The fourth-order valence-corrected chi connectivity index (χ4v) is 3.61. The molecule has 1 aromatic rings. The third kappa shape index (κ3) is 2.73. The Balaban J connectivity index is 1.70. The van der Waals surface area contributed by atoms with Gasteiger partial charge in [-0.3, -0.25) is 4.90 Å². The first-order valence-corrected chi connectivity index (χ1v) is 7.34. The maximum absolute atomic E-state index is 6.10. The largest absolute Gasteiger partial charge is 0.496 e. The minimum Gasteiger partial charge on any atom is -0.496 e. The fourth-order valence-electron chi connectivity index (χ4n) is 3.42. The predicted molar refractivity (Wildman–Crippen MR) is 77.8 cm³/mol. The summed E-state index contributed by atoms with van der Waals surface area (Å²) in [4.78, 5) is 2.53. The van der Waals surface area contributed by atoms with Gasteiger partial charge in [-0.15, -0.1) is 0 Å². The Morgan fingerprint density at radius 3 is 3.05 bits per heavy atom. The van der Waals surface area contributed by atoms with E-state index in [1.165, 1.54) is 44.6 Å². The molecule has 2 aliphatic rings. The van der Waals surface area contributed by atoms with E-state index < -0.39 is 0 Å². The van der Waals surface area contributed by atoms with Crippen LogP contribution < -0.4 is 10.1 Å². The zero-order valence-corrected chi connectivity index (χ0v) is 12.2. The van der Waals surface area contributed by atoms with Crippen molar-refractivity contribution in [1.29, 1.82) is 0 Å². The summed E-state index contributed by atoms with van der Waals surface area (Å²) in [5.74, 6) is 0.940. The number of rotatable bonds is 3. The van der Waals surface area contributed by atoms with Gasteiger partial charge in [-0.2, -0.15) is 0 Å². The van der Waals surface area contributed by atoms with Crippen molar-refractivity contribution in [3.8, 4) is 5.75 Å². The second kappa shape index (κ2) is 5.31. The number of nitrogens with zero attached hydrogens (tertiary/aromatic N) is 1. The van der Waals surface area contributed by atoms with Gasteiger partial charge in [0.1, 0.15) is 5.75 Å². The molecule has 104 valence electrons. The van der Waals surface area contributed by atoms with Gasteiger partial charge in [0.2, 0.25) is 0 Å². The molecule has 0 aliphatic carbocycles. The molecule has 0 amide bonds. The van der Waals surface area contributed by atoms with E-state index in [2.05, 4.69) is 10.2 Å². The van der Waals surface area contributed by atoms with Crippen molar-refractivity contribution in [2.75, 3.05) is 33.3 Å². The molecule has 1 spiro atoms. The molecular weight excluding hydrogens is 260 g/mol. The smallest absolute Gasteiger partial charge is 0.123 e. The van der Waals surface area contributed by atoms with Crippen molar-refractivity contribution >= 4 is 11.6 Å². The Morgan fingerprint density at radius 1 is 1.42 bits per heavy atom. The van der Waals surface area contributed by atoms with Crippen LogP contribution in [0.2, 0.25) is 5.02 Å². The number of hydrogen-bond donors (Lipinski definition) is 1. The molecule has 1 N–H and O–H groups in total. The van der Waals surface area contributed by atoms with Gasteiger partial charge in [-0.05, 0) is 49.5 Å². The van der Waals surface area contributed by atoms with E-state index in [0.29, 0.717) is 5.41 Å². The van der Waals surface area contributed by atoms with Crippen LogP contribution in [0, 0.1) is 5.41 Å². The summed E-state index contributed by atoms with van der Waals surface area (Å²) in [6.45, 7) is 5.66. The van der Waals surface area contributed by atoms with E-state index in [-0.39, 0.29) is 0 Å².